The van der Waals surface area contributed by atoms with Gasteiger partial charge in [-0.3, -0.25) is 9.91 Å². The first-order valence-corrected chi connectivity index (χ1v) is 11.8. The van der Waals surface area contributed by atoms with Crippen LogP contribution in [0.15, 0.2) is 114 Å². The average molecular weight is 430 g/mol. The molecule has 0 radical (unpaired) electrons. The molecule has 4 aromatic carbocycles. The third-order valence-corrected chi connectivity index (χ3v) is 6.78. The third-order valence-electron chi connectivity index (χ3n) is 6.78. The lowest BCUT2D eigenvalue weighted by molar-refractivity contribution is 0.112. The fourth-order valence-electron chi connectivity index (χ4n) is 5.20. The number of benzene rings is 4. The Labute approximate surface area is 195 Å². The van der Waals surface area contributed by atoms with Crippen LogP contribution in [0, 0.1) is 0 Å². The topological polar surface area (TPSA) is 18.8 Å². The van der Waals surface area contributed by atoms with Gasteiger partial charge in [0.15, 0.2) is 0 Å². The number of hydrogen-bond acceptors (Lipinski definition) is 3. The lowest BCUT2D eigenvalue weighted by Crippen LogP contribution is -2.46. The van der Waals surface area contributed by atoms with Gasteiger partial charge in [-0.1, -0.05) is 109 Å². The van der Waals surface area contributed by atoms with Crippen molar-refractivity contribution in [3.8, 4) is 11.1 Å². The van der Waals surface area contributed by atoms with E-state index in [0.29, 0.717) is 0 Å². The first kappa shape index (κ1) is 20.0. The number of piperazine rings is 1. The van der Waals surface area contributed by atoms with Crippen molar-refractivity contribution in [3.63, 3.8) is 0 Å². The highest BCUT2D eigenvalue weighted by Crippen LogP contribution is 2.37. The maximum Gasteiger partial charge on any atom is 0.0988 e. The van der Waals surface area contributed by atoms with Gasteiger partial charge >= 0.3 is 0 Å². The molecule has 0 spiro atoms. The number of fused-ring (bicyclic) bond motifs is 3. The first-order valence-electron chi connectivity index (χ1n) is 11.8. The highest BCUT2D eigenvalue weighted by molar-refractivity contribution is 6.24. The summed E-state index contributed by atoms with van der Waals surface area (Å²) in [6.07, 6.45) is 0. The SMILES string of the molecule is c1ccc(C(c2ccccc2)N2CCN(N=C3c4ccccc4-c4ccccc43)CC2)cc1. The quantitative estimate of drug-likeness (QED) is 0.358. The third kappa shape index (κ3) is 3.75. The van der Waals surface area contributed by atoms with Crippen molar-refractivity contribution in [1.29, 1.82) is 0 Å². The summed E-state index contributed by atoms with van der Waals surface area (Å²) in [4.78, 5) is 2.60. The Balaban J connectivity index is 1.26. The molecule has 1 aliphatic heterocycles. The van der Waals surface area contributed by atoms with E-state index in [2.05, 4.69) is 119 Å². The maximum atomic E-state index is 5.18. The van der Waals surface area contributed by atoms with Crippen molar-refractivity contribution in [2.24, 2.45) is 5.10 Å². The van der Waals surface area contributed by atoms with E-state index in [9.17, 15) is 0 Å². The molecule has 1 heterocycles. The normalized spacial score (nSPS) is 15.4. The largest absolute Gasteiger partial charge is 0.294 e. The van der Waals surface area contributed by atoms with Crippen LogP contribution in [-0.4, -0.2) is 41.8 Å². The van der Waals surface area contributed by atoms with Gasteiger partial charge in [0.05, 0.1) is 11.8 Å². The highest BCUT2D eigenvalue weighted by atomic mass is 15.5. The van der Waals surface area contributed by atoms with Crippen LogP contribution in [0.25, 0.3) is 11.1 Å². The molecule has 1 fully saturated rings. The second-order valence-electron chi connectivity index (χ2n) is 8.75. The zero-order valence-electron chi connectivity index (χ0n) is 18.6. The molecule has 0 unspecified atom stereocenters. The Morgan fingerprint density at radius 3 is 1.39 bits per heavy atom. The molecule has 0 bridgehead atoms. The van der Waals surface area contributed by atoms with E-state index in [4.69, 9.17) is 5.10 Å². The van der Waals surface area contributed by atoms with Gasteiger partial charge in [0, 0.05) is 37.3 Å². The van der Waals surface area contributed by atoms with E-state index in [1.54, 1.807) is 0 Å². The summed E-state index contributed by atoms with van der Waals surface area (Å²) in [7, 11) is 0. The Morgan fingerprint density at radius 2 is 0.909 bits per heavy atom. The maximum absolute atomic E-state index is 5.18. The molecule has 0 N–H and O–H groups in total. The van der Waals surface area contributed by atoms with E-state index in [-0.39, 0.29) is 6.04 Å². The number of nitrogens with zero attached hydrogens (tertiary/aromatic N) is 3. The molecular formula is C30H27N3. The Bertz CT molecular complexity index is 1190. The molecule has 162 valence electrons. The smallest absolute Gasteiger partial charge is 0.0988 e. The lowest BCUT2D eigenvalue weighted by atomic mass is 9.96. The molecule has 6 rings (SSSR count). The van der Waals surface area contributed by atoms with Crippen molar-refractivity contribution in [3.05, 3.63) is 131 Å². The molecule has 0 atom stereocenters. The van der Waals surface area contributed by atoms with Crippen LogP contribution >= 0.6 is 0 Å². The van der Waals surface area contributed by atoms with E-state index in [1.165, 1.54) is 33.4 Å². The van der Waals surface area contributed by atoms with Crippen molar-refractivity contribution in [1.82, 2.24) is 9.91 Å². The number of hydrogen-bond donors (Lipinski definition) is 0. The molecule has 33 heavy (non-hydrogen) atoms. The molecule has 1 aliphatic carbocycles. The van der Waals surface area contributed by atoms with Crippen molar-refractivity contribution in [2.45, 2.75) is 6.04 Å². The molecular weight excluding hydrogens is 402 g/mol. The molecule has 0 aromatic heterocycles. The van der Waals surface area contributed by atoms with Gasteiger partial charge in [0.25, 0.3) is 0 Å². The van der Waals surface area contributed by atoms with Gasteiger partial charge in [-0.2, -0.15) is 5.10 Å². The molecule has 3 nitrogen and oxygen atoms in total. The predicted octanol–water partition coefficient (Wildman–Crippen LogP) is 5.83. The Kier molecular flexibility index (Phi) is 5.25. The fraction of sp³-hybridized carbons (Fsp3) is 0.167. The minimum Gasteiger partial charge on any atom is -0.294 e. The van der Waals surface area contributed by atoms with Crippen LogP contribution in [0.2, 0.25) is 0 Å². The first-order chi connectivity index (χ1) is 16.4. The van der Waals surface area contributed by atoms with Crippen LogP contribution < -0.4 is 0 Å². The minimum absolute atomic E-state index is 0.273. The summed E-state index contributed by atoms with van der Waals surface area (Å²) in [6.45, 7) is 3.80. The standard InChI is InChI=1S/C30H27N3/c1-3-11-23(12-4-1)30(24-13-5-2-6-14-24)32-19-21-33(22-20-32)31-29-27-17-9-7-15-25(27)26-16-8-10-18-28(26)29/h1-18,30H,19-22H2. The van der Waals surface area contributed by atoms with E-state index < -0.39 is 0 Å². The van der Waals surface area contributed by atoms with Crippen molar-refractivity contribution >= 4 is 5.71 Å². The summed E-state index contributed by atoms with van der Waals surface area (Å²) in [5, 5.41) is 7.44. The van der Waals surface area contributed by atoms with Crippen LogP contribution in [0.5, 0.6) is 0 Å². The van der Waals surface area contributed by atoms with Gasteiger partial charge in [0.1, 0.15) is 0 Å². The minimum atomic E-state index is 0.273. The summed E-state index contributed by atoms with van der Waals surface area (Å²) in [5.74, 6) is 0. The fourth-order valence-corrected chi connectivity index (χ4v) is 5.20. The molecule has 0 amide bonds. The predicted molar refractivity (Wildman–Crippen MR) is 135 cm³/mol. The molecule has 3 heteroatoms. The summed E-state index contributed by atoms with van der Waals surface area (Å²) >= 11 is 0. The van der Waals surface area contributed by atoms with Gasteiger partial charge in [-0.15, -0.1) is 0 Å². The zero-order chi connectivity index (χ0) is 22.0. The van der Waals surface area contributed by atoms with Crippen LogP contribution in [-0.2, 0) is 0 Å². The highest BCUT2D eigenvalue weighted by Gasteiger charge is 2.28. The van der Waals surface area contributed by atoms with Crippen molar-refractivity contribution < 1.29 is 0 Å². The second kappa shape index (κ2) is 8.68. The molecule has 4 aromatic rings. The molecule has 2 aliphatic rings. The summed E-state index contributed by atoms with van der Waals surface area (Å²) in [6, 6.07) is 39.3. The van der Waals surface area contributed by atoms with E-state index in [1.807, 2.05) is 0 Å². The van der Waals surface area contributed by atoms with E-state index in [0.717, 1.165) is 31.9 Å². The average Bonchev–Trinajstić information content (AvgIpc) is 3.20. The van der Waals surface area contributed by atoms with Gasteiger partial charge in [-0.05, 0) is 22.3 Å². The molecule has 1 saturated heterocycles. The van der Waals surface area contributed by atoms with Crippen LogP contribution in [0.1, 0.15) is 28.3 Å². The van der Waals surface area contributed by atoms with E-state index >= 15 is 0 Å². The Hall–Kier alpha value is -3.69. The molecule has 0 saturated carbocycles. The lowest BCUT2D eigenvalue weighted by Gasteiger charge is -2.39. The summed E-state index contributed by atoms with van der Waals surface area (Å²) in [5.41, 5.74) is 8.87. The van der Waals surface area contributed by atoms with Crippen LogP contribution in [0.4, 0.5) is 0 Å². The van der Waals surface area contributed by atoms with Gasteiger partial charge in [0.2, 0.25) is 0 Å². The monoisotopic (exact) mass is 429 g/mol. The number of rotatable bonds is 4. The van der Waals surface area contributed by atoms with Gasteiger partial charge < -0.3 is 0 Å². The zero-order valence-corrected chi connectivity index (χ0v) is 18.6. The van der Waals surface area contributed by atoms with Gasteiger partial charge in [-0.25, -0.2) is 0 Å². The Morgan fingerprint density at radius 1 is 0.485 bits per heavy atom. The van der Waals surface area contributed by atoms with Crippen LogP contribution in [0.3, 0.4) is 0 Å². The van der Waals surface area contributed by atoms with Crippen molar-refractivity contribution in [2.75, 3.05) is 26.2 Å². The summed E-state index contributed by atoms with van der Waals surface area (Å²) < 4.78 is 0. The second-order valence-corrected chi connectivity index (χ2v) is 8.75. The number of hydrazone groups is 1.